The van der Waals surface area contributed by atoms with Gasteiger partial charge in [-0.2, -0.15) is 0 Å². The molecule has 1 rings (SSSR count). The number of methoxy groups -OCH3 is 1. The first kappa shape index (κ1) is 15.8. The third kappa shape index (κ3) is 4.75. The van der Waals surface area contributed by atoms with E-state index in [0.29, 0.717) is 17.4 Å². The molecule has 0 amide bonds. The summed E-state index contributed by atoms with van der Waals surface area (Å²) in [5.74, 6) is 0.276. The van der Waals surface area contributed by atoms with Crippen LogP contribution in [-0.4, -0.2) is 18.6 Å². The Kier molecular flexibility index (Phi) is 5.67. The molecule has 0 heterocycles. The zero-order chi connectivity index (χ0) is 14.5. The summed E-state index contributed by atoms with van der Waals surface area (Å²) < 4.78 is 4.92. The van der Waals surface area contributed by atoms with Gasteiger partial charge in [0.2, 0.25) is 0 Å². The van der Waals surface area contributed by atoms with Crippen molar-refractivity contribution in [1.82, 2.24) is 0 Å². The molecule has 0 bridgehead atoms. The molecule has 0 saturated heterocycles. The predicted octanol–water partition coefficient (Wildman–Crippen LogP) is 4.12. The number of benzene rings is 1. The molecule has 0 aromatic heterocycles. The van der Waals surface area contributed by atoms with Crippen LogP contribution in [0.3, 0.4) is 0 Å². The molecule has 1 aromatic carbocycles. The average Bonchev–Trinajstić information content (AvgIpc) is 2.35. The molecule has 0 aliphatic carbocycles. The SMILES string of the molecule is COC(=O)C(C)(CCC(C)C)Nc1cccc(Cl)c1. The van der Waals surface area contributed by atoms with Crippen LogP contribution in [0.5, 0.6) is 0 Å². The minimum atomic E-state index is -0.732. The second-order valence-corrected chi connectivity index (χ2v) is 5.83. The van der Waals surface area contributed by atoms with Crippen molar-refractivity contribution in [3.05, 3.63) is 29.3 Å². The maximum absolute atomic E-state index is 12.0. The van der Waals surface area contributed by atoms with Crippen LogP contribution in [0.1, 0.15) is 33.6 Å². The lowest BCUT2D eigenvalue weighted by Gasteiger charge is -2.29. The Hall–Kier alpha value is -1.22. The number of nitrogens with one attached hydrogen (secondary N) is 1. The molecular formula is C15H22ClNO2. The first-order valence-electron chi connectivity index (χ1n) is 6.49. The van der Waals surface area contributed by atoms with Crippen LogP contribution < -0.4 is 5.32 Å². The average molecular weight is 284 g/mol. The lowest BCUT2D eigenvalue weighted by molar-refractivity contribution is -0.145. The fourth-order valence-corrected chi connectivity index (χ4v) is 2.09. The molecular weight excluding hydrogens is 262 g/mol. The van der Waals surface area contributed by atoms with E-state index in [1.165, 1.54) is 7.11 Å². The number of carbonyl (C=O) groups is 1. The van der Waals surface area contributed by atoms with Gasteiger partial charge in [0, 0.05) is 10.7 Å². The first-order valence-corrected chi connectivity index (χ1v) is 6.87. The van der Waals surface area contributed by atoms with E-state index in [2.05, 4.69) is 19.2 Å². The molecule has 1 N–H and O–H groups in total. The van der Waals surface area contributed by atoms with E-state index in [-0.39, 0.29) is 5.97 Å². The van der Waals surface area contributed by atoms with Gasteiger partial charge < -0.3 is 10.1 Å². The highest BCUT2D eigenvalue weighted by Gasteiger charge is 2.34. The van der Waals surface area contributed by atoms with Crippen LogP contribution in [0.4, 0.5) is 5.69 Å². The van der Waals surface area contributed by atoms with E-state index in [4.69, 9.17) is 16.3 Å². The molecule has 0 fully saturated rings. The summed E-state index contributed by atoms with van der Waals surface area (Å²) in [6, 6.07) is 7.35. The quantitative estimate of drug-likeness (QED) is 0.798. The molecule has 0 radical (unpaired) electrons. The molecule has 0 aliphatic rings. The van der Waals surface area contributed by atoms with E-state index in [1.54, 1.807) is 12.1 Å². The summed E-state index contributed by atoms with van der Waals surface area (Å²) in [4.78, 5) is 12.0. The molecule has 0 aliphatic heterocycles. The van der Waals surface area contributed by atoms with Gasteiger partial charge in [-0.3, -0.25) is 0 Å². The smallest absolute Gasteiger partial charge is 0.331 e. The number of hydrogen-bond donors (Lipinski definition) is 1. The number of carbonyl (C=O) groups excluding carboxylic acids is 1. The summed E-state index contributed by atoms with van der Waals surface area (Å²) in [6.07, 6.45) is 1.66. The molecule has 19 heavy (non-hydrogen) atoms. The largest absolute Gasteiger partial charge is 0.467 e. The summed E-state index contributed by atoms with van der Waals surface area (Å²) in [5.41, 5.74) is 0.0909. The van der Waals surface area contributed by atoms with Crippen molar-refractivity contribution in [3.8, 4) is 0 Å². The summed E-state index contributed by atoms with van der Waals surface area (Å²) >= 11 is 5.96. The van der Waals surface area contributed by atoms with Gasteiger partial charge in [0.1, 0.15) is 5.54 Å². The van der Waals surface area contributed by atoms with Crippen LogP contribution in [0.15, 0.2) is 24.3 Å². The molecule has 1 atom stereocenters. The molecule has 1 aromatic rings. The molecule has 1 unspecified atom stereocenters. The Bertz CT molecular complexity index is 434. The maximum atomic E-state index is 12.0. The second kappa shape index (κ2) is 6.80. The highest BCUT2D eigenvalue weighted by Crippen LogP contribution is 2.25. The van der Waals surface area contributed by atoms with Crippen molar-refractivity contribution in [1.29, 1.82) is 0 Å². The maximum Gasteiger partial charge on any atom is 0.331 e. The van der Waals surface area contributed by atoms with Crippen LogP contribution in [0.2, 0.25) is 5.02 Å². The van der Waals surface area contributed by atoms with Crippen molar-refractivity contribution < 1.29 is 9.53 Å². The van der Waals surface area contributed by atoms with Crippen LogP contribution >= 0.6 is 11.6 Å². The first-order chi connectivity index (χ1) is 8.87. The zero-order valence-electron chi connectivity index (χ0n) is 12.0. The Morgan fingerprint density at radius 2 is 2.16 bits per heavy atom. The minimum absolute atomic E-state index is 0.256. The number of ether oxygens (including phenoxy) is 1. The van der Waals surface area contributed by atoms with Crippen molar-refractivity contribution >= 4 is 23.3 Å². The molecule has 0 spiro atoms. The summed E-state index contributed by atoms with van der Waals surface area (Å²) in [7, 11) is 1.41. The van der Waals surface area contributed by atoms with Gasteiger partial charge in [0.15, 0.2) is 0 Å². The van der Waals surface area contributed by atoms with Crippen molar-refractivity contribution in [2.24, 2.45) is 5.92 Å². The van der Waals surface area contributed by atoms with E-state index in [1.807, 2.05) is 19.1 Å². The van der Waals surface area contributed by atoms with Gasteiger partial charge in [0.25, 0.3) is 0 Å². The van der Waals surface area contributed by atoms with Crippen molar-refractivity contribution in [3.63, 3.8) is 0 Å². The fraction of sp³-hybridized carbons (Fsp3) is 0.533. The Balaban J connectivity index is 2.87. The third-order valence-electron chi connectivity index (χ3n) is 3.10. The van der Waals surface area contributed by atoms with Crippen molar-refractivity contribution in [2.45, 2.75) is 39.2 Å². The lowest BCUT2D eigenvalue weighted by Crippen LogP contribution is -2.44. The molecule has 0 saturated carbocycles. The Morgan fingerprint density at radius 1 is 1.47 bits per heavy atom. The number of esters is 1. The highest BCUT2D eigenvalue weighted by atomic mass is 35.5. The van der Waals surface area contributed by atoms with E-state index >= 15 is 0 Å². The highest BCUT2D eigenvalue weighted by molar-refractivity contribution is 6.30. The second-order valence-electron chi connectivity index (χ2n) is 5.39. The fourth-order valence-electron chi connectivity index (χ4n) is 1.90. The van der Waals surface area contributed by atoms with Crippen LogP contribution in [0.25, 0.3) is 0 Å². The van der Waals surface area contributed by atoms with Gasteiger partial charge in [0.05, 0.1) is 7.11 Å². The van der Waals surface area contributed by atoms with Gasteiger partial charge in [-0.25, -0.2) is 4.79 Å². The molecule has 3 nitrogen and oxygen atoms in total. The number of halogens is 1. The molecule has 106 valence electrons. The van der Waals surface area contributed by atoms with E-state index < -0.39 is 5.54 Å². The van der Waals surface area contributed by atoms with Crippen molar-refractivity contribution in [2.75, 3.05) is 12.4 Å². The third-order valence-corrected chi connectivity index (χ3v) is 3.34. The van der Waals surface area contributed by atoms with Gasteiger partial charge >= 0.3 is 5.97 Å². The van der Waals surface area contributed by atoms with Crippen LogP contribution in [-0.2, 0) is 9.53 Å². The summed E-state index contributed by atoms with van der Waals surface area (Å²) in [6.45, 7) is 6.14. The Labute approximate surface area is 120 Å². The molecule has 4 heteroatoms. The topological polar surface area (TPSA) is 38.3 Å². The van der Waals surface area contributed by atoms with E-state index in [0.717, 1.165) is 12.1 Å². The number of hydrogen-bond acceptors (Lipinski definition) is 3. The normalized spacial score (nSPS) is 14.0. The Morgan fingerprint density at radius 3 is 2.68 bits per heavy atom. The van der Waals surface area contributed by atoms with Gasteiger partial charge in [-0.05, 0) is 43.9 Å². The van der Waals surface area contributed by atoms with Gasteiger partial charge in [-0.15, -0.1) is 0 Å². The zero-order valence-corrected chi connectivity index (χ0v) is 12.8. The summed E-state index contributed by atoms with van der Waals surface area (Å²) in [5, 5.41) is 3.88. The predicted molar refractivity (Wildman–Crippen MR) is 79.6 cm³/mol. The van der Waals surface area contributed by atoms with Crippen LogP contribution in [0, 0.1) is 5.92 Å². The lowest BCUT2D eigenvalue weighted by atomic mass is 9.91. The number of anilines is 1. The standard InChI is InChI=1S/C15H22ClNO2/c1-11(2)8-9-15(3,14(18)19-4)17-13-7-5-6-12(16)10-13/h5-7,10-11,17H,8-9H2,1-4H3. The van der Waals surface area contributed by atoms with E-state index in [9.17, 15) is 4.79 Å². The van der Waals surface area contributed by atoms with Gasteiger partial charge in [-0.1, -0.05) is 31.5 Å². The monoisotopic (exact) mass is 283 g/mol. The number of rotatable bonds is 6. The minimum Gasteiger partial charge on any atom is -0.467 e.